The van der Waals surface area contributed by atoms with E-state index in [-0.39, 0.29) is 24.6 Å². The van der Waals surface area contributed by atoms with Crippen LogP contribution in [-0.4, -0.2) is 35.4 Å². The first kappa shape index (κ1) is 19.4. The number of aliphatic hydroxyl groups excluding tert-OH is 1. The van der Waals surface area contributed by atoms with Gasteiger partial charge in [0.25, 0.3) is 0 Å². The average Bonchev–Trinajstić information content (AvgIpc) is 2.70. The largest absolute Gasteiger partial charge is 0.491 e. The fourth-order valence-corrected chi connectivity index (χ4v) is 3.75. The van der Waals surface area contributed by atoms with Crippen LogP contribution < -0.4 is 4.74 Å². The van der Waals surface area contributed by atoms with E-state index in [4.69, 9.17) is 19.6 Å². The third-order valence-corrected chi connectivity index (χ3v) is 5.31. The van der Waals surface area contributed by atoms with Crippen molar-refractivity contribution < 1.29 is 19.4 Å². The summed E-state index contributed by atoms with van der Waals surface area (Å²) in [6, 6.07) is 13.3. The standard InChI is InChI=1S/C24H25NO4/c1-15-14-16(28-13-12-26)8-9-20(15)25-21-17-6-4-5-7-18(17)23-19(22(21)27)10-11-24(2,3)29-23/h4-9,14,26H,10-13H2,1-3H3. The minimum atomic E-state index is -0.290. The molecular weight excluding hydrogens is 366 g/mol. The molecule has 1 aliphatic carbocycles. The molecule has 0 saturated heterocycles. The highest BCUT2D eigenvalue weighted by Crippen LogP contribution is 2.41. The molecule has 0 bridgehead atoms. The van der Waals surface area contributed by atoms with Crippen molar-refractivity contribution >= 4 is 22.9 Å². The fraction of sp³-hybridized carbons (Fsp3) is 0.333. The molecule has 0 radical (unpaired) electrons. The van der Waals surface area contributed by atoms with Gasteiger partial charge in [-0.25, -0.2) is 4.99 Å². The summed E-state index contributed by atoms with van der Waals surface area (Å²) < 4.78 is 11.7. The molecule has 2 aliphatic rings. The fourth-order valence-electron chi connectivity index (χ4n) is 3.75. The normalized spacial score (nSPS) is 18.9. The first-order chi connectivity index (χ1) is 13.9. The van der Waals surface area contributed by atoms with Crippen LogP contribution in [0.1, 0.15) is 43.4 Å². The monoisotopic (exact) mass is 391 g/mol. The number of carbonyl (C=O) groups is 1. The number of ketones is 1. The summed E-state index contributed by atoms with van der Waals surface area (Å²) in [5.74, 6) is 1.31. The molecule has 2 aromatic carbocycles. The zero-order valence-corrected chi connectivity index (χ0v) is 17.0. The van der Waals surface area contributed by atoms with Crippen LogP contribution in [0.15, 0.2) is 53.0 Å². The van der Waals surface area contributed by atoms with Crippen molar-refractivity contribution in [3.63, 3.8) is 0 Å². The number of hydrogen-bond acceptors (Lipinski definition) is 5. The quantitative estimate of drug-likeness (QED) is 0.840. The van der Waals surface area contributed by atoms with Gasteiger partial charge in [-0.3, -0.25) is 4.79 Å². The zero-order chi connectivity index (χ0) is 20.6. The van der Waals surface area contributed by atoms with Crippen molar-refractivity contribution in [1.82, 2.24) is 0 Å². The van der Waals surface area contributed by atoms with Crippen molar-refractivity contribution in [3.8, 4) is 5.75 Å². The summed E-state index contributed by atoms with van der Waals surface area (Å²) in [7, 11) is 0. The molecule has 1 heterocycles. The topological polar surface area (TPSA) is 68.1 Å². The predicted molar refractivity (Wildman–Crippen MR) is 113 cm³/mol. The summed E-state index contributed by atoms with van der Waals surface area (Å²) in [5.41, 5.74) is 4.22. The number of allylic oxidation sites excluding steroid dienone is 1. The molecule has 0 spiro atoms. The van der Waals surface area contributed by atoms with Gasteiger partial charge in [0.05, 0.1) is 12.3 Å². The smallest absolute Gasteiger partial charge is 0.211 e. The molecule has 1 aliphatic heterocycles. The highest BCUT2D eigenvalue weighted by molar-refractivity contribution is 6.54. The Morgan fingerprint density at radius 3 is 2.66 bits per heavy atom. The summed E-state index contributed by atoms with van der Waals surface area (Å²) in [6.07, 6.45) is 1.48. The summed E-state index contributed by atoms with van der Waals surface area (Å²) >= 11 is 0. The van der Waals surface area contributed by atoms with E-state index in [2.05, 4.69) is 13.8 Å². The summed E-state index contributed by atoms with van der Waals surface area (Å²) in [5, 5.41) is 8.92. The molecule has 5 nitrogen and oxygen atoms in total. The second-order valence-electron chi connectivity index (χ2n) is 8.02. The van der Waals surface area contributed by atoms with Gasteiger partial charge < -0.3 is 14.6 Å². The van der Waals surface area contributed by atoms with E-state index in [1.165, 1.54) is 0 Å². The number of aliphatic imine (C=N–C) groups is 1. The lowest BCUT2D eigenvalue weighted by Gasteiger charge is -2.36. The van der Waals surface area contributed by atoms with Gasteiger partial charge in [0.2, 0.25) is 5.78 Å². The summed E-state index contributed by atoms with van der Waals surface area (Å²) in [4.78, 5) is 18.1. The van der Waals surface area contributed by atoms with Gasteiger partial charge in [-0.1, -0.05) is 24.3 Å². The lowest BCUT2D eigenvalue weighted by molar-refractivity contribution is -0.110. The Labute approximate surface area is 170 Å². The van der Waals surface area contributed by atoms with Crippen LogP contribution in [0, 0.1) is 6.92 Å². The SMILES string of the molecule is Cc1cc(OCCO)ccc1N=C1C(=O)C2=C(OC(C)(C)CC2)c2ccccc21. The van der Waals surface area contributed by atoms with E-state index in [9.17, 15) is 4.79 Å². The van der Waals surface area contributed by atoms with E-state index in [0.29, 0.717) is 29.2 Å². The highest BCUT2D eigenvalue weighted by Gasteiger charge is 2.38. The Bertz CT molecular complexity index is 1030. The number of nitrogens with zero attached hydrogens (tertiary/aromatic N) is 1. The molecule has 0 unspecified atom stereocenters. The Morgan fingerprint density at radius 1 is 1.17 bits per heavy atom. The number of benzene rings is 2. The third-order valence-electron chi connectivity index (χ3n) is 5.31. The molecule has 0 aromatic heterocycles. The molecule has 2 aromatic rings. The van der Waals surface area contributed by atoms with Gasteiger partial charge in [0.1, 0.15) is 29.4 Å². The number of hydrogen-bond donors (Lipinski definition) is 1. The minimum Gasteiger partial charge on any atom is -0.491 e. The molecule has 5 heteroatoms. The maximum atomic E-state index is 13.3. The van der Waals surface area contributed by atoms with Gasteiger partial charge in [-0.05, 0) is 57.4 Å². The molecule has 1 N–H and O–H groups in total. The number of carbonyl (C=O) groups excluding carboxylic acids is 1. The Hall–Kier alpha value is -2.92. The van der Waals surface area contributed by atoms with Gasteiger partial charge in [-0.2, -0.15) is 0 Å². The maximum Gasteiger partial charge on any atom is 0.211 e. The lowest BCUT2D eigenvalue weighted by atomic mass is 9.82. The first-order valence-corrected chi connectivity index (χ1v) is 9.89. The molecule has 0 atom stereocenters. The van der Waals surface area contributed by atoms with Crippen LogP contribution >= 0.6 is 0 Å². The predicted octanol–water partition coefficient (Wildman–Crippen LogP) is 4.37. The second-order valence-corrected chi connectivity index (χ2v) is 8.02. The van der Waals surface area contributed by atoms with Crippen LogP contribution in [0.4, 0.5) is 5.69 Å². The molecule has 4 rings (SSSR count). The minimum absolute atomic E-state index is 0.0370. The number of fused-ring (bicyclic) bond motifs is 2. The second kappa shape index (κ2) is 7.48. The van der Waals surface area contributed by atoms with E-state index in [1.807, 2.05) is 43.3 Å². The van der Waals surface area contributed by atoms with Crippen molar-refractivity contribution in [3.05, 3.63) is 64.7 Å². The molecule has 0 fully saturated rings. The molecular formula is C24H25NO4. The Kier molecular flexibility index (Phi) is 5.01. The lowest BCUT2D eigenvalue weighted by Crippen LogP contribution is -2.34. The van der Waals surface area contributed by atoms with Crippen molar-refractivity contribution in [2.45, 2.75) is 39.2 Å². The number of rotatable bonds is 4. The van der Waals surface area contributed by atoms with Crippen molar-refractivity contribution in [2.24, 2.45) is 4.99 Å². The molecule has 0 saturated carbocycles. The van der Waals surface area contributed by atoms with Crippen molar-refractivity contribution in [1.29, 1.82) is 0 Å². The molecule has 0 amide bonds. The Morgan fingerprint density at radius 2 is 1.93 bits per heavy atom. The van der Waals surface area contributed by atoms with Crippen LogP contribution in [0.3, 0.4) is 0 Å². The highest BCUT2D eigenvalue weighted by atomic mass is 16.5. The van der Waals surface area contributed by atoms with E-state index < -0.39 is 0 Å². The van der Waals surface area contributed by atoms with E-state index in [1.54, 1.807) is 6.07 Å². The van der Waals surface area contributed by atoms with E-state index in [0.717, 1.165) is 28.8 Å². The average molecular weight is 391 g/mol. The molecule has 29 heavy (non-hydrogen) atoms. The van der Waals surface area contributed by atoms with Crippen LogP contribution in [0.2, 0.25) is 0 Å². The van der Waals surface area contributed by atoms with Gasteiger partial charge in [0, 0.05) is 16.7 Å². The third kappa shape index (κ3) is 3.70. The van der Waals surface area contributed by atoms with Gasteiger partial charge in [0.15, 0.2) is 0 Å². The maximum absolute atomic E-state index is 13.3. The van der Waals surface area contributed by atoms with Crippen LogP contribution in [-0.2, 0) is 9.53 Å². The number of aryl methyl sites for hydroxylation is 1. The summed E-state index contributed by atoms with van der Waals surface area (Å²) in [6.45, 7) is 6.24. The number of ether oxygens (including phenoxy) is 2. The molecule has 150 valence electrons. The number of aliphatic hydroxyl groups is 1. The van der Waals surface area contributed by atoms with E-state index >= 15 is 0 Å². The van der Waals surface area contributed by atoms with Gasteiger partial charge in [-0.15, -0.1) is 0 Å². The van der Waals surface area contributed by atoms with Crippen LogP contribution in [0.5, 0.6) is 5.75 Å². The zero-order valence-electron chi connectivity index (χ0n) is 17.0. The Balaban J connectivity index is 1.78. The number of Topliss-reactive ketones (excluding diaryl/α,β-unsaturated/α-hetero) is 1. The van der Waals surface area contributed by atoms with Crippen LogP contribution in [0.25, 0.3) is 5.76 Å². The van der Waals surface area contributed by atoms with Gasteiger partial charge >= 0.3 is 0 Å². The first-order valence-electron chi connectivity index (χ1n) is 9.89. The van der Waals surface area contributed by atoms with Crippen molar-refractivity contribution in [2.75, 3.05) is 13.2 Å².